The smallest absolute Gasteiger partial charge is 0.237 e. The lowest BCUT2D eigenvalue weighted by molar-refractivity contribution is -0.124. The monoisotopic (exact) mass is 294 g/mol. The maximum Gasteiger partial charge on any atom is 0.237 e. The Balaban J connectivity index is 1.96. The Kier molecular flexibility index (Phi) is 4.72. The molecule has 2 aliphatic carbocycles. The molecule has 21 heavy (non-hydrogen) atoms. The predicted molar refractivity (Wildman–Crippen MR) is 88.1 cm³/mol. The summed E-state index contributed by atoms with van der Waals surface area (Å²) in [6.07, 6.45) is 6.14. The highest BCUT2D eigenvalue weighted by molar-refractivity contribution is 5.81. The van der Waals surface area contributed by atoms with Crippen molar-refractivity contribution >= 4 is 5.91 Å². The van der Waals surface area contributed by atoms with Gasteiger partial charge in [0, 0.05) is 12.1 Å². The third kappa shape index (κ3) is 3.13. The molecule has 2 fully saturated rings. The Labute approximate surface area is 130 Å². The zero-order valence-corrected chi connectivity index (χ0v) is 14.8. The molecule has 0 spiro atoms. The topological polar surface area (TPSA) is 41.1 Å². The minimum atomic E-state index is -0.107. The van der Waals surface area contributed by atoms with Crippen molar-refractivity contribution in [3.63, 3.8) is 0 Å². The maximum atomic E-state index is 12.4. The van der Waals surface area contributed by atoms with Crippen LogP contribution in [0, 0.1) is 16.7 Å². The van der Waals surface area contributed by atoms with E-state index in [9.17, 15) is 4.79 Å². The zero-order valence-electron chi connectivity index (χ0n) is 14.8. The SMILES string of the molecule is CCCC(C)NC(=O)C(C)NC1C2(C)CCC(C2)C1(C)C. The van der Waals surface area contributed by atoms with E-state index in [-0.39, 0.29) is 18.0 Å². The summed E-state index contributed by atoms with van der Waals surface area (Å²) >= 11 is 0. The van der Waals surface area contributed by atoms with Crippen LogP contribution in [-0.4, -0.2) is 24.0 Å². The van der Waals surface area contributed by atoms with Crippen molar-refractivity contribution in [1.82, 2.24) is 10.6 Å². The first-order chi connectivity index (χ1) is 9.70. The van der Waals surface area contributed by atoms with Crippen molar-refractivity contribution in [3.8, 4) is 0 Å². The third-order valence-electron chi connectivity index (χ3n) is 6.19. The van der Waals surface area contributed by atoms with Crippen molar-refractivity contribution in [1.29, 1.82) is 0 Å². The van der Waals surface area contributed by atoms with Crippen LogP contribution in [0.25, 0.3) is 0 Å². The first-order valence-corrected chi connectivity index (χ1v) is 8.77. The van der Waals surface area contributed by atoms with Gasteiger partial charge in [-0.1, -0.05) is 34.1 Å². The van der Waals surface area contributed by atoms with E-state index in [1.54, 1.807) is 0 Å². The van der Waals surface area contributed by atoms with E-state index in [4.69, 9.17) is 0 Å². The van der Waals surface area contributed by atoms with Crippen LogP contribution in [0.5, 0.6) is 0 Å². The molecule has 0 radical (unpaired) electrons. The van der Waals surface area contributed by atoms with Gasteiger partial charge < -0.3 is 10.6 Å². The molecule has 3 heteroatoms. The fraction of sp³-hybridized carbons (Fsp3) is 0.944. The molecule has 0 aliphatic heterocycles. The van der Waals surface area contributed by atoms with Crippen LogP contribution in [0.1, 0.15) is 73.6 Å². The molecule has 0 saturated heterocycles. The molecule has 1 amide bonds. The second kappa shape index (κ2) is 5.91. The third-order valence-corrected chi connectivity index (χ3v) is 6.19. The van der Waals surface area contributed by atoms with Crippen molar-refractivity contribution < 1.29 is 4.79 Å². The van der Waals surface area contributed by atoms with Crippen LogP contribution in [0.15, 0.2) is 0 Å². The average molecular weight is 294 g/mol. The number of rotatable bonds is 6. The molecule has 2 N–H and O–H groups in total. The van der Waals surface area contributed by atoms with Crippen molar-refractivity contribution in [2.45, 2.75) is 91.8 Å². The fourth-order valence-electron chi connectivity index (χ4n) is 4.92. The molecule has 0 aromatic rings. The molecule has 0 heterocycles. The number of hydrogen-bond donors (Lipinski definition) is 2. The van der Waals surface area contributed by atoms with Crippen LogP contribution in [0.3, 0.4) is 0 Å². The van der Waals surface area contributed by atoms with Gasteiger partial charge in [0.2, 0.25) is 5.91 Å². The Bertz CT molecular complexity index is 388. The predicted octanol–water partition coefficient (Wildman–Crippen LogP) is 3.48. The second-order valence-corrected chi connectivity index (χ2v) is 8.43. The van der Waals surface area contributed by atoms with Gasteiger partial charge in [-0.15, -0.1) is 0 Å². The molecule has 122 valence electrons. The molecular weight excluding hydrogens is 260 g/mol. The first kappa shape index (κ1) is 16.8. The number of carbonyl (C=O) groups excluding carboxylic acids is 1. The van der Waals surface area contributed by atoms with Crippen LogP contribution in [0.4, 0.5) is 0 Å². The highest BCUT2D eigenvalue weighted by Crippen LogP contribution is 2.62. The summed E-state index contributed by atoms with van der Waals surface area (Å²) in [5.74, 6) is 0.965. The molecule has 0 aromatic carbocycles. The standard InChI is InChI=1S/C18H34N2O/c1-7-8-12(2)19-15(21)13(3)20-16-17(4,5)14-9-10-18(16,6)11-14/h12-14,16,20H,7-11H2,1-6H3,(H,19,21). The lowest BCUT2D eigenvalue weighted by atomic mass is 9.68. The Hall–Kier alpha value is -0.570. The van der Waals surface area contributed by atoms with E-state index in [0.29, 0.717) is 16.9 Å². The summed E-state index contributed by atoms with van der Waals surface area (Å²) in [5, 5.41) is 6.81. The maximum absolute atomic E-state index is 12.4. The van der Waals surface area contributed by atoms with Gasteiger partial charge >= 0.3 is 0 Å². The Morgan fingerprint density at radius 2 is 1.95 bits per heavy atom. The van der Waals surface area contributed by atoms with E-state index >= 15 is 0 Å². The number of nitrogens with one attached hydrogen (secondary N) is 2. The second-order valence-electron chi connectivity index (χ2n) is 8.43. The molecule has 3 nitrogen and oxygen atoms in total. The molecule has 2 saturated carbocycles. The summed E-state index contributed by atoms with van der Waals surface area (Å²) in [6, 6.07) is 0.617. The van der Waals surface area contributed by atoms with Gasteiger partial charge in [-0.05, 0) is 56.3 Å². The van der Waals surface area contributed by atoms with Gasteiger partial charge in [-0.2, -0.15) is 0 Å². The Morgan fingerprint density at radius 1 is 1.29 bits per heavy atom. The molecule has 2 bridgehead atoms. The quantitative estimate of drug-likeness (QED) is 0.787. The molecule has 5 unspecified atom stereocenters. The van der Waals surface area contributed by atoms with Gasteiger partial charge in [0.15, 0.2) is 0 Å². The number of amides is 1. The average Bonchev–Trinajstić information content (AvgIpc) is 2.85. The summed E-state index contributed by atoms with van der Waals surface area (Å²) in [5.41, 5.74) is 0.675. The minimum absolute atomic E-state index is 0.107. The largest absolute Gasteiger partial charge is 0.352 e. The van der Waals surface area contributed by atoms with Crippen LogP contribution < -0.4 is 10.6 Å². The van der Waals surface area contributed by atoms with Crippen LogP contribution >= 0.6 is 0 Å². The molecule has 5 atom stereocenters. The normalized spacial score (nSPS) is 36.5. The van der Waals surface area contributed by atoms with Crippen LogP contribution in [-0.2, 0) is 4.79 Å². The summed E-state index contributed by atoms with van der Waals surface area (Å²) in [7, 11) is 0. The Morgan fingerprint density at radius 3 is 2.48 bits per heavy atom. The first-order valence-electron chi connectivity index (χ1n) is 8.77. The van der Waals surface area contributed by atoms with Gasteiger partial charge in [-0.3, -0.25) is 4.79 Å². The lowest BCUT2D eigenvalue weighted by Gasteiger charge is -2.44. The van der Waals surface area contributed by atoms with E-state index in [2.05, 4.69) is 45.3 Å². The van der Waals surface area contributed by atoms with Crippen LogP contribution in [0.2, 0.25) is 0 Å². The van der Waals surface area contributed by atoms with E-state index in [1.165, 1.54) is 19.3 Å². The van der Waals surface area contributed by atoms with Gasteiger partial charge in [0.1, 0.15) is 0 Å². The molecular formula is C18H34N2O. The van der Waals surface area contributed by atoms with Crippen molar-refractivity contribution in [3.05, 3.63) is 0 Å². The van der Waals surface area contributed by atoms with E-state index in [0.717, 1.165) is 18.8 Å². The zero-order chi connectivity index (χ0) is 15.8. The molecule has 2 rings (SSSR count). The number of carbonyl (C=O) groups is 1. The summed E-state index contributed by atoms with van der Waals surface area (Å²) in [6.45, 7) is 13.4. The minimum Gasteiger partial charge on any atom is -0.352 e. The number of hydrogen-bond acceptors (Lipinski definition) is 2. The van der Waals surface area contributed by atoms with E-state index < -0.39 is 0 Å². The summed E-state index contributed by atoms with van der Waals surface area (Å²) in [4.78, 5) is 12.4. The van der Waals surface area contributed by atoms with Gasteiger partial charge in [-0.25, -0.2) is 0 Å². The molecule has 2 aliphatic rings. The molecule has 0 aromatic heterocycles. The highest BCUT2D eigenvalue weighted by atomic mass is 16.2. The van der Waals surface area contributed by atoms with Crippen molar-refractivity contribution in [2.75, 3.05) is 0 Å². The summed E-state index contributed by atoms with van der Waals surface area (Å²) < 4.78 is 0. The van der Waals surface area contributed by atoms with Gasteiger partial charge in [0.05, 0.1) is 6.04 Å². The number of fused-ring (bicyclic) bond motifs is 2. The van der Waals surface area contributed by atoms with Crippen molar-refractivity contribution in [2.24, 2.45) is 16.7 Å². The van der Waals surface area contributed by atoms with E-state index in [1.807, 2.05) is 6.92 Å². The fourth-order valence-corrected chi connectivity index (χ4v) is 4.92. The lowest BCUT2D eigenvalue weighted by Crippen LogP contribution is -2.57. The van der Waals surface area contributed by atoms with Gasteiger partial charge in [0.25, 0.3) is 0 Å². The highest BCUT2D eigenvalue weighted by Gasteiger charge is 2.59.